The Hall–Kier alpha value is -1.97. The SMILES string of the molecule is CCCCNc1nccn1-c1ccccc1OC. The number of nitrogens with zero attached hydrogens (tertiary/aromatic N) is 2. The predicted octanol–water partition coefficient (Wildman–Crippen LogP) is 3.09. The fraction of sp³-hybridized carbons (Fsp3) is 0.357. The van der Waals surface area contributed by atoms with Crippen LogP contribution in [0.15, 0.2) is 36.7 Å². The number of aromatic nitrogens is 2. The topological polar surface area (TPSA) is 39.1 Å². The van der Waals surface area contributed by atoms with Gasteiger partial charge in [0, 0.05) is 18.9 Å². The molecule has 0 aliphatic rings. The van der Waals surface area contributed by atoms with E-state index in [2.05, 4.69) is 17.2 Å². The Kier molecular flexibility index (Phi) is 4.23. The Balaban J connectivity index is 2.25. The Labute approximate surface area is 108 Å². The summed E-state index contributed by atoms with van der Waals surface area (Å²) in [7, 11) is 1.68. The number of rotatable bonds is 6. The second kappa shape index (κ2) is 6.10. The van der Waals surface area contributed by atoms with Crippen molar-refractivity contribution in [2.45, 2.75) is 19.8 Å². The van der Waals surface area contributed by atoms with Gasteiger partial charge in [-0.15, -0.1) is 0 Å². The second-order valence-electron chi connectivity index (χ2n) is 4.07. The molecule has 0 amide bonds. The fourth-order valence-electron chi connectivity index (χ4n) is 1.83. The molecule has 0 aliphatic carbocycles. The molecule has 0 fully saturated rings. The van der Waals surface area contributed by atoms with E-state index in [0.717, 1.165) is 30.4 Å². The summed E-state index contributed by atoms with van der Waals surface area (Å²) in [5.41, 5.74) is 0.997. The average Bonchev–Trinajstić information content (AvgIpc) is 2.87. The van der Waals surface area contributed by atoms with Gasteiger partial charge in [-0.3, -0.25) is 4.57 Å². The Morgan fingerprint density at radius 3 is 2.94 bits per heavy atom. The third-order valence-corrected chi connectivity index (χ3v) is 2.80. The number of anilines is 1. The molecule has 0 saturated heterocycles. The van der Waals surface area contributed by atoms with Crippen molar-refractivity contribution in [3.05, 3.63) is 36.7 Å². The molecule has 1 N–H and O–H groups in total. The molecule has 0 spiro atoms. The van der Waals surface area contributed by atoms with E-state index in [0.29, 0.717) is 0 Å². The van der Waals surface area contributed by atoms with Crippen molar-refractivity contribution in [3.63, 3.8) is 0 Å². The van der Waals surface area contributed by atoms with Crippen molar-refractivity contribution in [2.75, 3.05) is 19.0 Å². The number of benzene rings is 1. The van der Waals surface area contributed by atoms with Gasteiger partial charge in [0.1, 0.15) is 5.75 Å². The average molecular weight is 245 g/mol. The molecule has 2 rings (SSSR count). The summed E-state index contributed by atoms with van der Waals surface area (Å²) in [6, 6.07) is 7.92. The predicted molar refractivity (Wildman–Crippen MR) is 73.5 cm³/mol. The van der Waals surface area contributed by atoms with Gasteiger partial charge in [0.2, 0.25) is 5.95 Å². The summed E-state index contributed by atoms with van der Waals surface area (Å²) in [4.78, 5) is 4.34. The minimum absolute atomic E-state index is 0.842. The number of methoxy groups -OCH3 is 1. The van der Waals surface area contributed by atoms with Gasteiger partial charge in [0.15, 0.2) is 0 Å². The maximum absolute atomic E-state index is 5.37. The van der Waals surface area contributed by atoms with Crippen LogP contribution in [0.1, 0.15) is 19.8 Å². The maximum Gasteiger partial charge on any atom is 0.207 e. The lowest BCUT2D eigenvalue weighted by molar-refractivity contribution is 0.413. The lowest BCUT2D eigenvalue weighted by atomic mass is 10.3. The number of hydrogen-bond donors (Lipinski definition) is 1. The molecule has 0 aliphatic heterocycles. The molecule has 0 unspecified atom stereocenters. The lowest BCUT2D eigenvalue weighted by Crippen LogP contribution is -2.08. The van der Waals surface area contributed by atoms with Crippen molar-refractivity contribution in [2.24, 2.45) is 0 Å². The van der Waals surface area contributed by atoms with Crippen LogP contribution < -0.4 is 10.1 Å². The summed E-state index contributed by atoms with van der Waals surface area (Å²) >= 11 is 0. The highest BCUT2D eigenvalue weighted by Crippen LogP contribution is 2.24. The first-order chi connectivity index (χ1) is 8.86. The number of hydrogen-bond acceptors (Lipinski definition) is 3. The van der Waals surface area contributed by atoms with Crippen LogP contribution in [0.5, 0.6) is 5.75 Å². The third kappa shape index (κ3) is 2.64. The van der Waals surface area contributed by atoms with Gasteiger partial charge in [0.25, 0.3) is 0 Å². The van der Waals surface area contributed by atoms with Gasteiger partial charge in [-0.05, 0) is 18.6 Å². The van der Waals surface area contributed by atoms with Crippen LogP contribution in [0.4, 0.5) is 5.95 Å². The smallest absolute Gasteiger partial charge is 0.207 e. The third-order valence-electron chi connectivity index (χ3n) is 2.80. The standard InChI is InChI=1S/C14H19N3O/c1-3-4-9-15-14-16-10-11-17(14)12-7-5-6-8-13(12)18-2/h5-8,10-11H,3-4,9H2,1-2H3,(H,15,16). The van der Waals surface area contributed by atoms with Crippen LogP contribution in [0.2, 0.25) is 0 Å². The van der Waals surface area contributed by atoms with E-state index in [9.17, 15) is 0 Å². The number of ether oxygens (including phenoxy) is 1. The molecule has 0 saturated carbocycles. The highest BCUT2D eigenvalue weighted by molar-refractivity contribution is 5.51. The second-order valence-corrected chi connectivity index (χ2v) is 4.07. The van der Waals surface area contributed by atoms with Crippen molar-refractivity contribution in [1.29, 1.82) is 0 Å². The molecule has 0 radical (unpaired) electrons. The van der Waals surface area contributed by atoms with Crippen LogP contribution in [-0.2, 0) is 0 Å². The summed E-state index contributed by atoms with van der Waals surface area (Å²) < 4.78 is 7.38. The quantitative estimate of drug-likeness (QED) is 0.795. The number of imidazole rings is 1. The minimum Gasteiger partial charge on any atom is -0.495 e. The highest BCUT2D eigenvalue weighted by Gasteiger charge is 2.08. The zero-order chi connectivity index (χ0) is 12.8. The van der Waals surface area contributed by atoms with Crippen molar-refractivity contribution < 1.29 is 4.74 Å². The maximum atomic E-state index is 5.37. The normalized spacial score (nSPS) is 10.3. The highest BCUT2D eigenvalue weighted by atomic mass is 16.5. The van der Waals surface area contributed by atoms with Gasteiger partial charge in [-0.25, -0.2) is 4.98 Å². The molecule has 96 valence electrons. The van der Waals surface area contributed by atoms with Crippen LogP contribution >= 0.6 is 0 Å². The van der Waals surface area contributed by atoms with E-state index < -0.39 is 0 Å². The molecular formula is C14H19N3O. The van der Waals surface area contributed by atoms with E-state index in [1.807, 2.05) is 35.0 Å². The van der Waals surface area contributed by atoms with Crippen LogP contribution in [-0.4, -0.2) is 23.2 Å². The van der Waals surface area contributed by atoms with Gasteiger partial charge < -0.3 is 10.1 Å². The van der Waals surface area contributed by atoms with E-state index in [4.69, 9.17) is 4.74 Å². The monoisotopic (exact) mass is 245 g/mol. The molecular weight excluding hydrogens is 226 g/mol. The first kappa shape index (κ1) is 12.5. The van der Waals surface area contributed by atoms with Gasteiger partial charge >= 0.3 is 0 Å². The molecule has 4 heteroatoms. The number of unbranched alkanes of at least 4 members (excludes halogenated alkanes) is 1. The van der Waals surface area contributed by atoms with E-state index >= 15 is 0 Å². The summed E-state index contributed by atoms with van der Waals surface area (Å²) in [6.07, 6.45) is 6.04. The molecule has 18 heavy (non-hydrogen) atoms. The largest absolute Gasteiger partial charge is 0.495 e. The van der Waals surface area contributed by atoms with E-state index in [-0.39, 0.29) is 0 Å². The van der Waals surface area contributed by atoms with Crippen molar-refractivity contribution >= 4 is 5.95 Å². The summed E-state index contributed by atoms with van der Waals surface area (Å²) in [5.74, 6) is 1.70. The van der Waals surface area contributed by atoms with Crippen molar-refractivity contribution in [3.8, 4) is 11.4 Å². The molecule has 4 nitrogen and oxygen atoms in total. The van der Waals surface area contributed by atoms with Gasteiger partial charge in [-0.2, -0.15) is 0 Å². The van der Waals surface area contributed by atoms with E-state index in [1.54, 1.807) is 13.3 Å². The molecule has 2 aromatic rings. The van der Waals surface area contributed by atoms with Crippen molar-refractivity contribution in [1.82, 2.24) is 9.55 Å². The molecule has 0 bridgehead atoms. The zero-order valence-electron chi connectivity index (χ0n) is 10.9. The molecule has 1 aromatic carbocycles. The molecule has 1 heterocycles. The Morgan fingerprint density at radius 2 is 2.17 bits per heavy atom. The fourth-order valence-corrected chi connectivity index (χ4v) is 1.83. The molecule has 0 atom stereocenters. The first-order valence-corrected chi connectivity index (χ1v) is 6.27. The minimum atomic E-state index is 0.842. The van der Waals surface area contributed by atoms with Gasteiger partial charge in [0.05, 0.1) is 12.8 Å². The molecule has 1 aromatic heterocycles. The zero-order valence-corrected chi connectivity index (χ0v) is 10.9. The number of para-hydroxylation sites is 2. The lowest BCUT2D eigenvalue weighted by Gasteiger charge is -2.12. The summed E-state index contributed by atoms with van der Waals surface area (Å²) in [5, 5.41) is 3.34. The van der Waals surface area contributed by atoms with Crippen LogP contribution in [0.25, 0.3) is 5.69 Å². The first-order valence-electron chi connectivity index (χ1n) is 6.27. The van der Waals surface area contributed by atoms with Gasteiger partial charge in [-0.1, -0.05) is 25.5 Å². The van der Waals surface area contributed by atoms with E-state index in [1.165, 1.54) is 6.42 Å². The van der Waals surface area contributed by atoms with Crippen LogP contribution in [0, 0.1) is 0 Å². The summed E-state index contributed by atoms with van der Waals surface area (Å²) in [6.45, 7) is 3.11. The number of nitrogens with one attached hydrogen (secondary N) is 1. The van der Waals surface area contributed by atoms with Crippen LogP contribution in [0.3, 0.4) is 0 Å². The Bertz CT molecular complexity index is 493. The Morgan fingerprint density at radius 1 is 1.33 bits per heavy atom.